The molecule has 1 fully saturated rings. The number of rotatable bonds is 5. The molecule has 2 aromatic rings. The van der Waals surface area contributed by atoms with E-state index in [1.807, 2.05) is 24.4 Å². The van der Waals surface area contributed by atoms with E-state index in [0.717, 1.165) is 44.1 Å². The van der Waals surface area contributed by atoms with Gasteiger partial charge in [-0.3, -0.25) is 4.90 Å². The molecule has 1 aliphatic heterocycles. The zero-order chi connectivity index (χ0) is 16.9. The highest BCUT2D eigenvalue weighted by Crippen LogP contribution is 2.20. The molecule has 1 saturated heterocycles. The Hall–Kier alpha value is -1.98. The fraction of sp³-hybridized carbons (Fsp3) is 0.421. The second-order valence-corrected chi connectivity index (χ2v) is 6.33. The zero-order valence-electron chi connectivity index (χ0n) is 14.0. The predicted octanol–water partition coefficient (Wildman–Crippen LogP) is 2.77. The highest BCUT2D eigenvalue weighted by Gasteiger charge is 2.19. The van der Waals surface area contributed by atoms with Crippen LogP contribution in [0.15, 0.2) is 42.6 Å². The van der Waals surface area contributed by atoms with Crippen molar-refractivity contribution in [3.05, 3.63) is 59.5 Å². The Labute approximate surface area is 142 Å². The first-order valence-electron chi connectivity index (χ1n) is 8.46. The highest BCUT2D eigenvalue weighted by atomic mass is 19.1. The van der Waals surface area contributed by atoms with Crippen LogP contribution in [0.4, 0.5) is 10.2 Å². The minimum atomic E-state index is -0.543. The molecule has 2 heterocycles. The number of anilines is 1. The topological polar surface area (TPSA) is 39.6 Å². The van der Waals surface area contributed by atoms with Crippen LogP contribution in [-0.2, 0) is 0 Å². The van der Waals surface area contributed by atoms with Crippen molar-refractivity contribution in [3.8, 4) is 0 Å². The maximum Gasteiger partial charge on any atom is 0.128 e. The van der Waals surface area contributed by atoms with Gasteiger partial charge in [0.15, 0.2) is 0 Å². The summed E-state index contributed by atoms with van der Waals surface area (Å²) in [6.45, 7) is 6.39. The molecular weight excluding hydrogens is 305 g/mol. The third kappa shape index (κ3) is 4.10. The van der Waals surface area contributed by atoms with Crippen LogP contribution in [0, 0.1) is 12.7 Å². The molecule has 0 saturated carbocycles. The zero-order valence-corrected chi connectivity index (χ0v) is 14.0. The van der Waals surface area contributed by atoms with Gasteiger partial charge in [-0.1, -0.05) is 18.2 Å². The molecule has 1 aliphatic rings. The molecule has 1 aromatic heterocycles. The molecule has 1 unspecified atom stereocenters. The SMILES string of the molecule is Cc1cc(C(O)CCN2CCN(c3ccccn3)CC2)ccc1F. The van der Waals surface area contributed by atoms with Crippen molar-refractivity contribution in [3.63, 3.8) is 0 Å². The normalized spacial score (nSPS) is 17.0. The molecule has 0 aliphatic carbocycles. The second-order valence-electron chi connectivity index (χ2n) is 6.33. The third-order valence-electron chi connectivity index (χ3n) is 4.63. The Balaban J connectivity index is 1.47. The summed E-state index contributed by atoms with van der Waals surface area (Å²) in [5.41, 5.74) is 1.37. The van der Waals surface area contributed by atoms with Gasteiger partial charge in [0, 0.05) is 38.9 Å². The third-order valence-corrected chi connectivity index (χ3v) is 4.63. The van der Waals surface area contributed by atoms with E-state index in [-0.39, 0.29) is 5.82 Å². The summed E-state index contributed by atoms with van der Waals surface area (Å²) in [5, 5.41) is 10.3. The van der Waals surface area contributed by atoms with E-state index in [1.54, 1.807) is 19.1 Å². The lowest BCUT2D eigenvalue weighted by Gasteiger charge is -2.35. The van der Waals surface area contributed by atoms with Crippen LogP contribution < -0.4 is 4.90 Å². The molecular formula is C19H24FN3O. The van der Waals surface area contributed by atoms with E-state index in [0.29, 0.717) is 12.0 Å². The minimum absolute atomic E-state index is 0.225. The number of hydrogen-bond acceptors (Lipinski definition) is 4. The van der Waals surface area contributed by atoms with Gasteiger partial charge in [-0.15, -0.1) is 0 Å². The molecule has 24 heavy (non-hydrogen) atoms. The van der Waals surface area contributed by atoms with Crippen molar-refractivity contribution in [1.29, 1.82) is 0 Å². The van der Waals surface area contributed by atoms with Gasteiger partial charge in [0.25, 0.3) is 0 Å². The van der Waals surface area contributed by atoms with Crippen molar-refractivity contribution in [2.45, 2.75) is 19.4 Å². The smallest absolute Gasteiger partial charge is 0.128 e. The maximum absolute atomic E-state index is 13.3. The lowest BCUT2D eigenvalue weighted by molar-refractivity contribution is 0.139. The second kappa shape index (κ2) is 7.73. The van der Waals surface area contributed by atoms with E-state index >= 15 is 0 Å². The van der Waals surface area contributed by atoms with Gasteiger partial charge in [0.1, 0.15) is 11.6 Å². The molecule has 1 aromatic carbocycles. The van der Waals surface area contributed by atoms with Gasteiger partial charge < -0.3 is 10.0 Å². The number of benzene rings is 1. The Morgan fingerprint density at radius 1 is 1.17 bits per heavy atom. The van der Waals surface area contributed by atoms with E-state index in [9.17, 15) is 9.50 Å². The molecule has 128 valence electrons. The van der Waals surface area contributed by atoms with Crippen molar-refractivity contribution in [2.24, 2.45) is 0 Å². The summed E-state index contributed by atoms with van der Waals surface area (Å²) in [6.07, 6.45) is 1.94. The fourth-order valence-corrected chi connectivity index (χ4v) is 3.09. The lowest BCUT2D eigenvalue weighted by atomic mass is 10.0. The fourth-order valence-electron chi connectivity index (χ4n) is 3.09. The molecule has 4 nitrogen and oxygen atoms in total. The Morgan fingerprint density at radius 2 is 1.96 bits per heavy atom. The average Bonchev–Trinajstić information content (AvgIpc) is 2.63. The quantitative estimate of drug-likeness (QED) is 0.916. The van der Waals surface area contributed by atoms with E-state index < -0.39 is 6.10 Å². The van der Waals surface area contributed by atoms with E-state index in [4.69, 9.17) is 0 Å². The largest absolute Gasteiger partial charge is 0.388 e. The Morgan fingerprint density at radius 3 is 2.62 bits per heavy atom. The van der Waals surface area contributed by atoms with E-state index in [2.05, 4.69) is 14.8 Å². The number of halogens is 1. The monoisotopic (exact) mass is 329 g/mol. The molecule has 0 spiro atoms. The standard InChI is InChI=1S/C19H24FN3O/c1-15-14-16(5-6-17(15)20)18(24)7-9-22-10-12-23(13-11-22)19-4-2-3-8-21-19/h2-6,8,14,18,24H,7,9-13H2,1H3. The summed E-state index contributed by atoms with van der Waals surface area (Å²) >= 11 is 0. The summed E-state index contributed by atoms with van der Waals surface area (Å²) in [5.74, 6) is 0.801. The maximum atomic E-state index is 13.3. The number of aromatic nitrogens is 1. The lowest BCUT2D eigenvalue weighted by Crippen LogP contribution is -2.47. The van der Waals surface area contributed by atoms with Crippen molar-refractivity contribution in [1.82, 2.24) is 9.88 Å². The van der Waals surface area contributed by atoms with Crippen LogP contribution in [0.2, 0.25) is 0 Å². The van der Waals surface area contributed by atoms with Gasteiger partial charge in [0.05, 0.1) is 6.10 Å². The Kier molecular flexibility index (Phi) is 5.43. The number of nitrogens with zero attached hydrogens (tertiary/aromatic N) is 3. The first-order chi connectivity index (χ1) is 11.6. The molecule has 0 amide bonds. The molecule has 3 rings (SSSR count). The van der Waals surface area contributed by atoms with Crippen LogP contribution in [0.3, 0.4) is 0 Å². The summed E-state index contributed by atoms with van der Waals surface area (Å²) in [7, 11) is 0. The van der Waals surface area contributed by atoms with Crippen LogP contribution >= 0.6 is 0 Å². The highest BCUT2D eigenvalue weighted by molar-refractivity contribution is 5.38. The first-order valence-corrected chi connectivity index (χ1v) is 8.46. The molecule has 0 bridgehead atoms. The van der Waals surface area contributed by atoms with Gasteiger partial charge in [-0.25, -0.2) is 9.37 Å². The van der Waals surface area contributed by atoms with Gasteiger partial charge >= 0.3 is 0 Å². The first kappa shape index (κ1) is 16.9. The summed E-state index contributed by atoms with van der Waals surface area (Å²) in [4.78, 5) is 9.04. The number of aliphatic hydroxyl groups is 1. The predicted molar refractivity (Wildman–Crippen MR) is 93.6 cm³/mol. The van der Waals surface area contributed by atoms with Crippen molar-refractivity contribution < 1.29 is 9.50 Å². The molecule has 0 radical (unpaired) electrons. The van der Waals surface area contributed by atoms with Gasteiger partial charge in [-0.05, 0) is 42.7 Å². The molecule has 5 heteroatoms. The van der Waals surface area contributed by atoms with Crippen LogP contribution in [-0.4, -0.2) is 47.7 Å². The van der Waals surface area contributed by atoms with Crippen LogP contribution in [0.1, 0.15) is 23.7 Å². The minimum Gasteiger partial charge on any atom is -0.388 e. The summed E-state index contributed by atoms with van der Waals surface area (Å²) in [6, 6.07) is 10.8. The van der Waals surface area contributed by atoms with Crippen LogP contribution in [0.5, 0.6) is 0 Å². The summed E-state index contributed by atoms with van der Waals surface area (Å²) < 4.78 is 13.3. The molecule has 1 atom stereocenters. The number of aliphatic hydroxyl groups excluding tert-OH is 1. The van der Waals surface area contributed by atoms with Crippen molar-refractivity contribution >= 4 is 5.82 Å². The number of pyridine rings is 1. The Bertz CT molecular complexity index is 657. The molecule has 1 N–H and O–H groups in total. The van der Waals surface area contributed by atoms with Gasteiger partial charge in [-0.2, -0.15) is 0 Å². The number of piperazine rings is 1. The number of aryl methyl sites for hydroxylation is 1. The van der Waals surface area contributed by atoms with E-state index in [1.165, 1.54) is 6.07 Å². The average molecular weight is 329 g/mol. The number of hydrogen-bond donors (Lipinski definition) is 1. The van der Waals surface area contributed by atoms with Crippen LogP contribution in [0.25, 0.3) is 0 Å². The van der Waals surface area contributed by atoms with Crippen molar-refractivity contribution in [2.75, 3.05) is 37.6 Å². The van der Waals surface area contributed by atoms with Gasteiger partial charge in [0.2, 0.25) is 0 Å².